The number of methoxy groups -OCH3 is 1. The summed E-state index contributed by atoms with van der Waals surface area (Å²) < 4.78 is 29.5. The molecule has 3 aromatic rings. The number of hydrogen-bond donors (Lipinski definition) is 1. The lowest BCUT2D eigenvalue weighted by Gasteiger charge is -2.18. The summed E-state index contributed by atoms with van der Waals surface area (Å²) in [7, 11) is 1.66. The molecule has 0 saturated heterocycles. The van der Waals surface area contributed by atoms with Gasteiger partial charge in [-0.15, -0.1) is 0 Å². The third kappa shape index (κ3) is 4.69. The molecule has 1 aliphatic rings. The van der Waals surface area contributed by atoms with Crippen LogP contribution in [0.2, 0.25) is 0 Å². The van der Waals surface area contributed by atoms with Gasteiger partial charge in [-0.1, -0.05) is 24.3 Å². The summed E-state index contributed by atoms with van der Waals surface area (Å²) in [5.41, 5.74) is 3.53. The van der Waals surface area contributed by atoms with Crippen LogP contribution in [0.3, 0.4) is 0 Å². The Kier molecular flexibility index (Phi) is 5.96. The molecule has 0 aromatic heterocycles. The van der Waals surface area contributed by atoms with Gasteiger partial charge in [0.05, 0.1) is 13.7 Å². The minimum Gasteiger partial charge on any atom is -0.497 e. The highest BCUT2D eigenvalue weighted by molar-refractivity contribution is 5.44. The lowest BCUT2D eigenvalue weighted by Crippen LogP contribution is -2.82. The summed E-state index contributed by atoms with van der Waals surface area (Å²) in [6.07, 6.45) is 0.947. The van der Waals surface area contributed by atoms with Crippen molar-refractivity contribution in [3.8, 4) is 17.2 Å². The van der Waals surface area contributed by atoms with Gasteiger partial charge in [0.2, 0.25) is 6.79 Å². The topological polar surface area (TPSA) is 44.3 Å². The Bertz CT molecular complexity index is 941. The van der Waals surface area contributed by atoms with Crippen molar-refractivity contribution in [2.45, 2.75) is 18.9 Å². The van der Waals surface area contributed by atoms with E-state index in [1.54, 1.807) is 7.11 Å². The third-order valence-corrected chi connectivity index (χ3v) is 5.27. The van der Waals surface area contributed by atoms with E-state index >= 15 is 0 Å². The molecule has 0 bridgehead atoms. The van der Waals surface area contributed by atoms with Crippen molar-refractivity contribution in [1.29, 1.82) is 0 Å². The SMILES string of the molecule is COc1ccc([C@@H](CC[NH2+]Cc2ccc3c(c2)OCO3)c2ccc(F)cc2)cc1. The summed E-state index contributed by atoms with van der Waals surface area (Å²) >= 11 is 0. The van der Waals surface area contributed by atoms with E-state index in [1.165, 1.54) is 23.3 Å². The van der Waals surface area contributed by atoms with Crippen LogP contribution < -0.4 is 19.5 Å². The Balaban J connectivity index is 1.41. The van der Waals surface area contributed by atoms with E-state index in [9.17, 15) is 4.39 Å². The molecule has 4 rings (SSSR count). The maximum atomic E-state index is 13.4. The summed E-state index contributed by atoms with van der Waals surface area (Å²) in [5, 5.41) is 2.29. The highest BCUT2D eigenvalue weighted by Gasteiger charge is 2.16. The lowest BCUT2D eigenvalue weighted by atomic mass is 9.88. The van der Waals surface area contributed by atoms with E-state index in [0.29, 0.717) is 6.79 Å². The fraction of sp³-hybridized carbons (Fsp3) is 0.250. The maximum Gasteiger partial charge on any atom is 0.231 e. The van der Waals surface area contributed by atoms with Gasteiger partial charge in [0.15, 0.2) is 11.5 Å². The molecule has 2 N–H and O–H groups in total. The lowest BCUT2D eigenvalue weighted by molar-refractivity contribution is -0.671. The van der Waals surface area contributed by atoms with Gasteiger partial charge in [-0.2, -0.15) is 0 Å². The monoisotopic (exact) mass is 394 g/mol. The summed E-state index contributed by atoms with van der Waals surface area (Å²) in [5.74, 6) is 2.45. The number of rotatable bonds is 8. The number of nitrogens with two attached hydrogens (primary N) is 1. The number of halogens is 1. The van der Waals surface area contributed by atoms with E-state index in [4.69, 9.17) is 14.2 Å². The summed E-state index contributed by atoms with van der Waals surface area (Å²) in [4.78, 5) is 0. The van der Waals surface area contributed by atoms with E-state index in [2.05, 4.69) is 23.5 Å². The number of ether oxygens (including phenoxy) is 3. The van der Waals surface area contributed by atoms with Crippen LogP contribution >= 0.6 is 0 Å². The van der Waals surface area contributed by atoms with E-state index in [1.807, 2.05) is 36.4 Å². The van der Waals surface area contributed by atoms with Gasteiger partial charge in [-0.25, -0.2) is 4.39 Å². The summed E-state index contributed by atoms with van der Waals surface area (Å²) in [6, 6.07) is 21.0. The quantitative estimate of drug-likeness (QED) is 0.591. The molecule has 4 nitrogen and oxygen atoms in total. The minimum absolute atomic E-state index is 0.203. The van der Waals surface area contributed by atoms with E-state index in [0.717, 1.165) is 42.3 Å². The van der Waals surface area contributed by atoms with Crippen LogP contribution in [0.1, 0.15) is 29.0 Å². The van der Waals surface area contributed by atoms with Gasteiger partial charge in [0, 0.05) is 17.9 Å². The highest BCUT2D eigenvalue weighted by atomic mass is 19.1. The molecular formula is C24H25FNO3+. The van der Waals surface area contributed by atoms with Crippen molar-refractivity contribution in [2.24, 2.45) is 0 Å². The van der Waals surface area contributed by atoms with Gasteiger partial charge in [-0.3, -0.25) is 0 Å². The largest absolute Gasteiger partial charge is 0.497 e. The predicted octanol–water partition coefficient (Wildman–Crippen LogP) is 3.85. The Morgan fingerprint density at radius 3 is 2.34 bits per heavy atom. The van der Waals surface area contributed by atoms with Crippen LogP contribution in [-0.4, -0.2) is 20.4 Å². The zero-order chi connectivity index (χ0) is 20.1. The zero-order valence-corrected chi connectivity index (χ0v) is 16.4. The predicted molar refractivity (Wildman–Crippen MR) is 109 cm³/mol. The van der Waals surface area contributed by atoms with E-state index in [-0.39, 0.29) is 11.7 Å². The molecule has 0 amide bonds. The van der Waals surface area contributed by atoms with Crippen LogP contribution in [0.4, 0.5) is 4.39 Å². The fourth-order valence-electron chi connectivity index (χ4n) is 3.68. The van der Waals surface area contributed by atoms with Crippen LogP contribution in [0.15, 0.2) is 66.7 Å². The standard InChI is InChI=1S/C24H24FNO3/c1-27-21-9-5-19(6-10-21)22(18-3-7-20(25)8-4-18)12-13-26-15-17-2-11-23-24(14-17)29-16-28-23/h2-11,14,22,26H,12-13,15-16H2,1H3/p+1/t22-/m0/s1. The first kappa shape index (κ1) is 19.3. The first-order valence-electron chi connectivity index (χ1n) is 9.82. The molecule has 0 radical (unpaired) electrons. The Morgan fingerprint density at radius 2 is 1.62 bits per heavy atom. The molecular weight excluding hydrogens is 369 g/mol. The highest BCUT2D eigenvalue weighted by Crippen LogP contribution is 2.32. The Morgan fingerprint density at radius 1 is 0.931 bits per heavy atom. The molecule has 0 spiro atoms. The van der Waals surface area contributed by atoms with Crippen LogP contribution in [-0.2, 0) is 6.54 Å². The first-order chi connectivity index (χ1) is 14.2. The van der Waals surface area contributed by atoms with E-state index < -0.39 is 0 Å². The molecule has 1 heterocycles. The second-order valence-electron chi connectivity index (χ2n) is 7.14. The Labute approximate surface area is 170 Å². The zero-order valence-electron chi connectivity index (χ0n) is 16.4. The van der Waals surface area contributed by atoms with Crippen molar-refractivity contribution in [1.82, 2.24) is 0 Å². The van der Waals surface area contributed by atoms with Crippen molar-refractivity contribution >= 4 is 0 Å². The number of benzene rings is 3. The average molecular weight is 394 g/mol. The molecule has 5 heteroatoms. The Hall–Kier alpha value is -3.05. The molecule has 0 saturated carbocycles. The summed E-state index contributed by atoms with van der Waals surface area (Å²) in [6.45, 7) is 2.11. The molecule has 1 aliphatic heterocycles. The number of quaternary nitrogens is 1. The molecule has 1 atom stereocenters. The minimum atomic E-state index is -0.211. The number of fused-ring (bicyclic) bond motifs is 1. The van der Waals surface area contributed by atoms with Crippen molar-refractivity contribution in [2.75, 3.05) is 20.4 Å². The number of hydrogen-bond acceptors (Lipinski definition) is 3. The molecule has 0 aliphatic carbocycles. The van der Waals surface area contributed by atoms with Crippen molar-refractivity contribution in [3.63, 3.8) is 0 Å². The van der Waals surface area contributed by atoms with Crippen LogP contribution in [0, 0.1) is 5.82 Å². The normalized spacial score (nSPS) is 13.3. The van der Waals surface area contributed by atoms with Crippen molar-refractivity contribution in [3.05, 3.63) is 89.2 Å². The fourth-order valence-corrected chi connectivity index (χ4v) is 3.68. The van der Waals surface area contributed by atoms with Gasteiger partial charge in [0.1, 0.15) is 18.1 Å². The molecule has 29 heavy (non-hydrogen) atoms. The maximum absolute atomic E-state index is 13.4. The molecule has 150 valence electrons. The van der Waals surface area contributed by atoms with Gasteiger partial charge in [-0.05, 0) is 53.6 Å². The van der Waals surface area contributed by atoms with Gasteiger partial charge in [0.25, 0.3) is 0 Å². The second-order valence-corrected chi connectivity index (χ2v) is 7.14. The van der Waals surface area contributed by atoms with Crippen molar-refractivity contribution < 1.29 is 23.9 Å². The van der Waals surface area contributed by atoms with Crippen LogP contribution in [0.5, 0.6) is 17.2 Å². The second kappa shape index (κ2) is 8.97. The van der Waals surface area contributed by atoms with Gasteiger partial charge < -0.3 is 19.5 Å². The average Bonchev–Trinajstić information content (AvgIpc) is 3.23. The van der Waals surface area contributed by atoms with Gasteiger partial charge >= 0.3 is 0 Å². The molecule has 0 fully saturated rings. The molecule has 0 unspecified atom stereocenters. The van der Waals surface area contributed by atoms with Crippen LogP contribution in [0.25, 0.3) is 0 Å². The third-order valence-electron chi connectivity index (χ3n) is 5.27. The first-order valence-corrected chi connectivity index (χ1v) is 9.82. The smallest absolute Gasteiger partial charge is 0.231 e. The molecule has 3 aromatic carbocycles.